The Labute approximate surface area is 170 Å². The van der Waals surface area contributed by atoms with Gasteiger partial charge in [0.15, 0.2) is 0 Å². The predicted octanol–water partition coefficient (Wildman–Crippen LogP) is 2.55. The molecule has 1 saturated heterocycles. The molecule has 0 radical (unpaired) electrons. The Balaban J connectivity index is 2.33. The van der Waals surface area contributed by atoms with Gasteiger partial charge in [0.2, 0.25) is 0 Å². The fourth-order valence-electron chi connectivity index (χ4n) is 3.39. The van der Waals surface area contributed by atoms with Gasteiger partial charge in [-0.2, -0.15) is 0 Å². The van der Waals surface area contributed by atoms with Gasteiger partial charge in [0.1, 0.15) is 18.8 Å². The summed E-state index contributed by atoms with van der Waals surface area (Å²) in [5.41, 5.74) is 2.19. The Morgan fingerprint density at radius 2 is 2.07 bits per heavy atom. The molecule has 0 aromatic carbocycles. The average molecular weight is 404 g/mol. The predicted molar refractivity (Wildman–Crippen MR) is 106 cm³/mol. The second-order valence-electron chi connectivity index (χ2n) is 7.20. The highest BCUT2D eigenvalue weighted by molar-refractivity contribution is 5.91. The van der Waals surface area contributed by atoms with Crippen LogP contribution in [0, 0.1) is 5.92 Å². The number of aliphatic hydroxyl groups excluding tert-OH is 1. The molecule has 29 heavy (non-hydrogen) atoms. The molecule has 1 fully saturated rings. The Bertz CT molecular complexity index is 772. The number of carbonyl (C=O) groups is 3. The zero-order valence-corrected chi connectivity index (χ0v) is 17.1. The van der Waals surface area contributed by atoms with Gasteiger partial charge in [-0.15, -0.1) is 0 Å². The van der Waals surface area contributed by atoms with E-state index in [4.69, 9.17) is 14.2 Å². The van der Waals surface area contributed by atoms with Gasteiger partial charge in [-0.05, 0) is 43.9 Å². The summed E-state index contributed by atoms with van der Waals surface area (Å²) in [4.78, 5) is 35.8. The molecule has 2 rings (SSSR count). The number of ether oxygens (including phenoxy) is 3. The minimum atomic E-state index is -0.710. The van der Waals surface area contributed by atoms with Crippen molar-refractivity contribution in [3.63, 3.8) is 0 Å². The van der Waals surface area contributed by atoms with Crippen molar-refractivity contribution in [1.82, 2.24) is 0 Å². The summed E-state index contributed by atoms with van der Waals surface area (Å²) in [7, 11) is 0. The number of esters is 3. The average Bonchev–Trinajstić information content (AvgIpc) is 2.96. The standard InChI is InChI=1S/C22H28O7/c1-5-13(2)21(25)27-12-17-8-6-7-16(11-23)9-19-20(14(3)22(26)29-19)18(10-17)28-15(4)24/h5,8-9,18-20,23H,3,6-7,10-12H2,1-2,4H3/b13-5+,16-9+,17-8-/t18-,19+,20-/m1/s1. The summed E-state index contributed by atoms with van der Waals surface area (Å²) in [6.07, 6.45) is 5.35. The van der Waals surface area contributed by atoms with Crippen molar-refractivity contribution in [3.8, 4) is 0 Å². The molecule has 158 valence electrons. The van der Waals surface area contributed by atoms with Crippen LogP contribution in [0.25, 0.3) is 0 Å². The lowest BCUT2D eigenvalue weighted by atomic mass is 9.85. The molecule has 2 aliphatic rings. The summed E-state index contributed by atoms with van der Waals surface area (Å²) >= 11 is 0. The maximum atomic E-state index is 12.1. The summed E-state index contributed by atoms with van der Waals surface area (Å²) in [5, 5.41) is 9.65. The SMILES string of the molecule is C=C1C(=O)O[C@H]2/C=C(/CO)CC/C=C(\COC(=O)/C(C)=C/C)C[C@@H](OC(C)=O)[C@@H]12. The Kier molecular flexibility index (Phi) is 7.96. The molecule has 0 amide bonds. The fourth-order valence-corrected chi connectivity index (χ4v) is 3.39. The summed E-state index contributed by atoms with van der Waals surface area (Å²) in [6.45, 7) is 8.39. The lowest BCUT2D eigenvalue weighted by molar-refractivity contribution is -0.149. The fraction of sp³-hybridized carbons (Fsp3) is 0.500. The van der Waals surface area contributed by atoms with Crippen LogP contribution in [0.5, 0.6) is 0 Å². The molecule has 1 aliphatic carbocycles. The zero-order valence-electron chi connectivity index (χ0n) is 17.1. The molecule has 0 unspecified atom stereocenters. The van der Waals surface area contributed by atoms with Gasteiger partial charge in [0.25, 0.3) is 0 Å². The highest BCUT2D eigenvalue weighted by Crippen LogP contribution is 2.36. The van der Waals surface area contributed by atoms with Crippen molar-refractivity contribution in [2.24, 2.45) is 5.92 Å². The number of hydrogen-bond donors (Lipinski definition) is 1. The first-order valence-corrected chi connectivity index (χ1v) is 9.62. The second-order valence-corrected chi connectivity index (χ2v) is 7.20. The van der Waals surface area contributed by atoms with Crippen LogP contribution in [0.15, 0.2) is 47.1 Å². The third kappa shape index (κ3) is 5.90. The first kappa shape index (κ1) is 22.6. The van der Waals surface area contributed by atoms with Gasteiger partial charge < -0.3 is 19.3 Å². The van der Waals surface area contributed by atoms with E-state index >= 15 is 0 Å². The molecule has 1 heterocycles. The van der Waals surface area contributed by atoms with Crippen LogP contribution >= 0.6 is 0 Å². The quantitative estimate of drug-likeness (QED) is 0.325. The van der Waals surface area contributed by atoms with Crippen molar-refractivity contribution in [2.45, 2.75) is 52.2 Å². The molecule has 7 heteroatoms. The van der Waals surface area contributed by atoms with E-state index in [-0.39, 0.29) is 25.2 Å². The number of rotatable bonds is 5. The third-order valence-corrected chi connectivity index (χ3v) is 5.09. The number of allylic oxidation sites excluding steroid dienone is 2. The van der Waals surface area contributed by atoms with E-state index in [1.54, 1.807) is 26.0 Å². The van der Waals surface area contributed by atoms with Gasteiger partial charge in [-0.3, -0.25) is 4.79 Å². The Morgan fingerprint density at radius 1 is 1.34 bits per heavy atom. The van der Waals surface area contributed by atoms with Gasteiger partial charge in [0.05, 0.1) is 12.5 Å². The normalized spacial score (nSPS) is 29.0. The van der Waals surface area contributed by atoms with Gasteiger partial charge in [-0.25, -0.2) is 9.59 Å². The van der Waals surface area contributed by atoms with Crippen LogP contribution in [0.3, 0.4) is 0 Å². The van der Waals surface area contributed by atoms with Crippen molar-refractivity contribution in [3.05, 3.63) is 47.1 Å². The lowest BCUT2D eigenvalue weighted by Crippen LogP contribution is -2.33. The number of carbonyl (C=O) groups excluding carboxylic acids is 3. The van der Waals surface area contributed by atoms with Crippen LogP contribution in [0.4, 0.5) is 0 Å². The van der Waals surface area contributed by atoms with Gasteiger partial charge >= 0.3 is 17.9 Å². The molecular formula is C22H28O7. The van der Waals surface area contributed by atoms with Crippen molar-refractivity contribution in [1.29, 1.82) is 0 Å². The molecule has 3 atom stereocenters. The number of aliphatic hydroxyl groups is 1. The summed E-state index contributed by atoms with van der Waals surface area (Å²) < 4.78 is 16.3. The molecule has 0 spiro atoms. The van der Waals surface area contributed by atoms with E-state index < -0.39 is 36.0 Å². The molecule has 7 nitrogen and oxygen atoms in total. The zero-order chi connectivity index (χ0) is 21.6. The van der Waals surface area contributed by atoms with E-state index in [0.717, 1.165) is 5.57 Å². The molecule has 0 saturated carbocycles. The smallest absolute Gasteiger partial charge is 0.334 e. The largest absolute Gasteiger partial charge is 0.461 e. The summed E-state index contributed by atoms with van der Waals surface area (Å²) in [6, 6.07) is 0. The number of fused-ring (bicyclic) bond motifs is 1. The highest BCUT2D eigenvalue weighted by atomic mass is 16.6. The van der Waals surface area contributed by atoms with E-state index in [2.05, 4.69) is 6.58 Å². The van der Waals surface area contributed by atoms with Crippen LogP contribution in [-0.2, 0) is 28.6 Å². The van der Waals surface area contributed by atoms with Gasteiger partial charge in [0, 0.05) is 24.5 Å². The van der Waals surface area contributed by atoms with E-state index in [1.165, 1.54) is 6.92 Å². The molecule has 0 aromatic rings. The van der Waals surface area contributed by atoms with E-state index in [1.807, 2.05) is 6.08 Å². The first-order valence-electron chi connectivity index (χ1n) is 9.62. The first-order chi connectivity index (χ1) is 13.8. The molecule has 1 N–H and O–H groups in total. The highest BCUT2D eigenvalue weighted by Gasteiger charge is 2.44. The maximum absolute atomic E-state index is 12.1. The summed E-state index contributed by atoms with van der Waals surface area (Å²) in [5.74, 6) is -2.05. The minimum absolute atomic E-state index is 0.0403. The Morgan fingerprint density at radius 3 is 2.69 bits per heavy atom. The van der Waals surface area contributed by atoms with Crippen LogP contribution in [0.1, 0.15) is 40.0 Å². The maximum Gasteiger partial charge on any atom is 0.334 e. The third-order valence-electron chi connectivity index (χ3n) is 5.09. The van der Waals surface area contributed by atoms with Crippen molar-refractivity contribution < 1.29 is 33.7 Å². The van der Waals surface area contributed by atoms with Crippen LogP contribution in [-0.4, -0.2) is 48.4 Å². The van der Waals surface area contributed by atoms with E-state index in [9.17, 15) is 19.5 Å². The second kappa shape index (κ2) is 10.2. The molecule has 1 aliphatic heterocycles. The van der Waals surface area contributed by atoms with Crippen LogP contribution in [0.2, 0.25) is 0 Å². The van der Waals surface area contributed by atoms with Gasteiger partial charge in [-0.1, -0.05) is 18.7 Å². The van der Waals surface area contributed by atoms with E-state index in [0.29, 0.717) is 24.0 Å². The molecule has 0 aromatic heterocycles. The monoisotopic (exact) mass is 404 g/mol. The number of hydrogen-bond acceptors (Lipinski definition) is 7. The van der Waals surface area contributed by atoms with Crippen molar-refractivity contribution >= 4 is 17.9 Å². The van der Waals surface area contributed by atoms with Crippen LogP contribution < -0.4 is 0 Å². The molecular weight excluding hydrogens is 376 g/mol. The topological polar surface area (TPSA) is 99.1 Å². The Hall–Kier alpha value is -2.67. The molecule has 0 bridgehead atoms. The minimum Gasteiger partial charge on any atom is -0.461 e. The van der Waals surface area contributed by atoms with Crippen molar-refractivity contribution in [2.75, 3.05) is 13.2 Å². The lowest BCUT2D eigenvalue weighted by Gasteiger charge is -2.27.